The Bertz CT molecular complexity index is 519. The number of carbonyl (C=O) groups is 2. The van der Waals surface area contributed by atoms with Crippen molar-refractivity contribution < 1.29 is 14.3 Å². The lowest BCUT2D eigenvalue weighted by atomic mass is 10.1. The van der Waals surface area contributed by atoms with Gasteiger partial charge in [-0.3, -0.25) is 9.59 Å². The topological polar surface area (TPSA) is 93.5 Å². The molecule has 1 aromatic rings. The Hall–Kier alpha value is -1.92. The standard InChI is InChI=1S/C15H21N3O3/c1-2-17-14(19)11-5-3-4-6-12(11)18-15(20)13-8-7-10(9-16)21-13/h3-6,10,13H,2,7-9,16H2,1H3,(H,17,19)(H,18,20)/t10-,13+/m1/s1. The fourth-order valence-corrected chi connectivity index (χ4v) is 2.33. The molecule has 0 unspecified atom stereocenters. The van der Waals surface area contributed by atoms with Crippen LogP contribution in [0.5, 0.6) is 0 Å². The van der Waals surface area contributed by atoms with Crippen LogP contribution in [0.1, 0.15) is 30.1 Å². The van der Waals surface area contributed by atoms with Crippen molar-refractivity contribution in [2.24, 2.45) is 5.73 Å². The van der Waals surface area contributed by atoms with Crippen molar-refractivity contribution >= 4 is 17.5 Å². The predicted octanol–water partition coefficient (Wildman–Crippen LogP) is 0.881. The van der Waals surface area contributed by atoms with E-state index >= 15 is 0 Å². The number of hydrogen-bond donors (Lipinski definition) is 3. The van der Waals surface area contributed by atoms with E-state index in [1.54, 1.807) is 24.3 Å². The van der Waals surface area contributed by atoms with Crippen LogP contribution in [0.2, 0.25) is 0 Å². The summed E-state index contributed by atoms with van der Waals surface area (Å²) in [5.41, 5.74) is 6.48. The molecule has 2 amide bonds. The van der Waals surface area contributed by atoms with Gasteiger partial charge in [0.05, 0.1) is 17.4 Å². The molecule has 2 atom stereocenters. The second-order valence-electron chi connectivity index (χ2n) is 4.95. The van der Waals surface area contributed by atoms with Crippen molar-refractivity contribution in [3.8, 4) is 0 Å². The summed E-state index contributed by atoms with van der Waals surface area (Å²) in [7, 11) is 0. The molecule has 114 valence electrons. The maximum absolute atomic E-state index is 12.2. The third kappa shape index (κ3) is 3.80. The van der Waals surface area contributed by atoms with Crippen molar-refractivity contribution in [3.05, 3.63) is 29.8 Å². The molecule has 6 nitrogen and oxygen atoms in total. The highest BCUT2D eigenvalue weighted by Gasteiger charge is 2.30. The van der Waals surface area contributed by atoms with Crippen molar-refractivity contribution in [2.75, 3.05) is 18.4 Å². The van der Waals surface area contributed by atoms with Crippen LogP contribution in [-0.2, 0) is 9.53 Å². The van der Waals surface area contributed by atoms with Crippen molar-refractivity contribution in [2.45, 2.75) is 32.0 Å². The van der Waals surface area contributed by atoms with Crippen LogP contribution in [0.25, 0.3) is 0 Å². The lowest BCUT2D eigenvalue weighted by molar-refractivity contribution is -0.126. The van der Waals surface area contributed by atoms with Crippen LogP contribution in [0, 0.1) is 0 Å². The first-order chi connectivity index (χ1) is 10.2. The fraction of sp³-hybridized carbons (Fsp3) is 0.467. The zero-order valence-corrected chi connectivity index (χ0v) is 12.1. The first kappa shape index (κ1) is 15.5. The molecule has 6 heteroatoms. The Kier molecular flexibility index (Phi) is 5.30. The number of anilines is 1. The highest BCUT2D eigenvalue weighted by atomic mass is 16.5. The first-order valence-corrected chi connectivity index (χ1v) is 7.19. The smallest absolute Gasteiger partial charge is 0.253 e. The summed E-state index contributed by atoms with van der Waals surface area (Å²) >= 11 is 0. The SMILES string of the molecule is CCNC(=O)c1ccccc1NC(=O)[C@@H]1CC[C@H](CN)O1. The molecule has 0 aromatic heterocycles. The van der Waals surface area contributed by atoms with E-state index in [-0.39, 0.29) is 17.9 Å². The normalized spacial score (nSPS) is 21.0. The van der Waals surface area contributed by atoms with E-state index in [0.717, 1.165) is 6.42 Å². The number of benzene rings is 1. The first-order valence-electron chi connectivity index (χ1n) is 7.19. The van der Waals surface area contributed by atoms with Gasteiger partial charge in [-0.25, -0.2) is 0 Å². The molecule has 2 rings (SSSR count). The third-order valence-electron chi connectivity index (χ3n) is 3.43. The quantitative estimate of drug-likeness (QED) is 0.750. The van der Waals surface area contributed by atoms with E-state index in [0.29, 0.717) is 30.8 Å². The molecular formula is C15H21N3O3. The van der Waals surface area contributed by atoms with Gasteiger partial charge in [0.2, 0.25) is 0 Å². The Morgan fingerprint density at radius 1 is 1.33 bits per heavy atom. The van der Waals surface area contributed by atoms with Crippen LogP contribution in [-0.4, -0.2) is 37.1 Å². The van der Waals surface area contributed by atoms with E-state index in [2.05, 4.69) is 10.6 Å². The summed E-state index contributed by atoms with van der Waals surface area (Å²) in [6.07, 6.45) is 0.879. The molecule has 1 aliphatic rings. The Labute approximate surface area is 124 Å². The summed E-state index contributed by atoms with van der Waals surface area (Å²) in [6.45, 7) is 2.79. The van der Waals surface area contributed by atoms with Crippen LogP contribution >= 0.6 is 0 Å². The van der Waals surface area contributed by atoms with Gasteiger partial charge >= 0.3 is 0 Å². The van der Waals surface area contributed by atoms with Crippen molar-refractivity contribution in [1.82, 2.24) is 5.32 Å². The van der Waals surface area contributed by atoms with E-state index in [1.165, 1.54) is 0 Å². The number of amides is 2. The molecule has 0 aliphatic carbocycles. The second kappa shape index (κ2) is 7.19. The largest absolute Gasteiger partial charge is 0.364 e. The van der Waals surface area contributed by atoms with E-state index in [9.17, 15) is 9.59 Å². The Balaban J connectivity index is 2.06. The van der Waals surface area contributed by atoms with E-state index in [4.69, 9.17) is 10.5 Å². The maximum Gasteiger partial charge on any atom is 0.253 e. The van der Waals surface area contributed by atoms with Gasteiger partial charge in [0.1, 0.15) is 6.10 Å². The fourth-order valence-electron chi connectivity index (χ4n) is 2.33. The van der Waals surface area contributed by atoms with Gasteiger partial charge in [-0.1, -0.05) is 12.1 Å². The number of carbonyl (C=O) groups excluding carboxylic acids is 2. The highest BCUT2D eigenvalue weighted by Crippen LogP contribution is 2.22. The molecule has 21 heavy (non-hydrogen) atoms. The predicted molar refractivity (Wildman–Crippen MR) is 80.0 cm³/mol. The Morgan fingerprint density at radius 2 is 2.10 bits per heavy atom. The van der Waals surface area contributed by atoms with Crippen LogP contribution in [0.4, 0.5) is 5.69 Å². The van der Waals surface area contributed by atoms with E-state index < -0.39 is 6.10 Å². The molecule has 1 heterocycles. The number of hydrogen-bond acceptors (Lipinski definition) is 4. The summed E-state index contributed by atoms with van der Waals surface area (Å²) in [6, 6.07) is 6.92. The minimum atomic E-state index is -0.499. The lowest BCUT2D eigenvalue weighted by Crippen LogP contribution is -2.31. The molecule has 0 spiro atoms. The number of para-hydroxylation sites is 1. The molecule has 1 aromatic carbocycles. The van der Waals surface area contributed by atoms with Gasteiger partial charge in [-0.05, 0) is 31.9 Å². The number of ether oxygens (including phenoxy) is 1. The summed E-state index contributed by atoms with van der Waals surface area (Å²) < 4.78 is 5.55. The molecule has 0 saturated carbocycles. The second-order valence-corrected chi connectivity index (χ2v) is 4.95. The number of nitrogens with two attached hydrogens (primary N) is 1. The molecule has 0 radical (unpaired) electrons. The van der Waals surface area contributed by atoms with Crippen LogP contribution in [0.15, 0.2) is 24.3 Å². The van der Waals surface area contributed by atoms with Crippen LogP contribution in [0.3, 0.4) is 0 Å². The van der Waals surface area contributed by atoms with Gasteiger partial charge in [0.25, 0.3) is 11.8 Å². The van der Waals surface area contributed by atoms with E-state index in [1.807, 2.05) is 6.92 Å². The minimum Gasteiger partial charge on any atom is -0.364 e. The monoisotopic (exact) mass is 291 g/mol. The zero-order chi connectivity index (χ0) is 15.2. The van der Waals surface area contributed by atoms with Gasteiger partial charge in [-0.2, -0.15) is 0 Å². The lowest BCUT2D eigenvalue weighted by Gasteiger charge is -2.15. The van der Waals surface area contributed by atoms with Crippen molar-refractivity contribution in [3.63, 3.8) is 0 Å². The number of rotatable bonds is 5. The van der Waals surface area contributed by atoms with Crippen LogP contribution < -0.4 is 16.4 Å². The molecular weight excluding hydrogens is 270 g/mol. The average Bonchev–Trinajstić information content (AvgIpc) is 2.97. The molecule has 1 aliphatic heterocycles. The molecule has 4 N–H and O–H groups in total. The third-order valence-corrected chi connectivity index (χ3v) is 3.43. The van der Waals surface area contributed by atoms with Gasteiger partial charge < -0.3 is 21.1 Å². The molecule has 1 saturated heterocycles. The van der Waals surface area contributed by atoms with Gasteiger partial charge in [-0.15, -0.1) is 0 Å². The summed E-state index contributed by atoms with van der Waals surface area (Å²) in [5, 5.41) is 5.49. The average molecular weight is 291 g/mol. The molecule has 1 fully saturated rings. The summed E-state index contributed by atoms with van der Waals surface area (Å²) in [4.78, 5) is 24.2. The Morgan fingerprint density at radius 3 is 2.76 bits per heavy atom. The maximum atomic E-state index is 12.2. The molecule has 0 bridgehead atoms. The zero-order valence-electron chi connectivity index (χ0n) is 12.1. The van der Waals surface area contributed by atoms with Gasteiger partial charge in [0.15, 0.2) is 0 Å². The minimum absolute atomic E-state index is 0.0561. The number of nitrogens with one attached hydrogen (secondary N) is 2. The van der Waals surface area contributed by atoms with Crippen molar-refractivity contribution in [1.29, 1.82) is 0 Å². The van der Waals surface area contributed by atoms with Gasteiger partial charge in [0, 0.05) is 13.1 Å². The highest BCUT2D eigenvalue weighted by molar-refractivity contribution is 6.04. The summed E-state index contributed by atoms with van der Waals surface area (Å²) in [5.74, 6) is -0.441.